The minimum absolute atomic E-state index is 0.00860. The van der Waals surface area contributed by atoms with Crippen LogP contribution < -0.4 is 9.50 Å². The Kier molecular flexibility index (Phi) is 6.85. The number of carbonyl (C=O) groups is 1. The van der Waals surface area contributed by atoms with Crippen LogP contribution in [0.25, 0.3) is 0 Å². The zero-order valence-corrected chi connectivity index (χ0v) is 16.9. The Hall–Kier alpha value is -2.54. The molecule has 0 aliphatic rings. The fourth-order valence-electron chi connectivity index (χ4n) is 2.63. The first kappa shape index (κ1) is 20.8. The summed E-state index contributed by atoms with van der Waals surface area (Å²) in [4.78, 5) is 14.6. The average molecular weight is 391 g/mol. The number of hydrogen-bond acceptors (Lipinski definition) is 4. The van der Waals surface area contributed by atoms with E-state index < -0.39 is 10.1 Å². The Morgan fingerprint density at radius 2 is 1.89 bits per heavy atom. The summed E-state index contributed by atoms with van der Waals surface area (Å²) in [5.74, 6) is 0.234. The van der Waals surface area contributed by atoms with Crippen LogP contribution in [0.1, 0.15) is 31.4 Å². The SMILES string of the molecule is CCC(C)N(Cc1cccc(OS(C)(=O)=O)c1)C(=O)Nc1cccc(C)c1. The summed E-state index contributed by atoms with van der Waals surface area (Å²) < 4.78 is 27.6. The van der Waals surface area contributed by atoms with Crippen molar-refractivity contribution in [3.63, 3.8) is 0 Å². The van der Waals surface area contributed by atoms with Crippen LogP contribution >= 0.6 is 0 Å². The van der Waals surface area contributed by atoms with Crippen LogP contribution in [-0.4, -0.2) is 31.6 Å². The smallest absolute Gasteiger partial charge is 0.322 e. The highest BCUT2D eigenvalue weighted by Crippen LogP contribution is 2.19. The topological polar surface area (TPSA) is 75.7 Å². The molecule has 1 N–H and O–H groups in total. The molecule has 146 valence electrons. The molecule has 1 atom stereocenters. The molecule has 0 radical (unpaired) electrons. The third-order valence-corrected chi connectivity index (χ3v) is 4.65. The Morgan fingerprint density at radius 1 is 1.19 bits per heavy atom. The van der Waals surface area contributed by atoms with E-state index >= 15 is 0 Å². The first-order valence-corrected chi connectivity index (χ1v) is 10.6. The lowest BCUT2D eigenvalue weighted by atomic mass is 10.1. The molecule has 27 heavy (non-hydrogen) atoms. The van der Waals surface area contributed by atoms with Gasteiger partial charge in [-0.2, -0.15) is 8.42 Å². The largest absolute Gasteiger partial charge is 0.383 e. The summed E-state index contributed by atoms with van der Waals surface area (Å²) in [6.45, 7) is 6.30. The lowest BCUT2D eigenvalue weighted by Gasteiger charge is -2.29. The van der Waals surface area contributed by atoms with Crippen molar-refractivity contribution >= 4 is 21.8 Å². The van der Waals surface area contributed by atoms with Gasteiger partial charge in [-0.1, -0.05) is 31.2 Å². The molecule has 0 saturated heterocycles. The van der Waals surface area contributed by atoms with Crippen LogP contribution in [0.2, 0.25) is 0 Å². The quantitative estimate of drug-likeness (QED) is 0.720. The molecule has 2 aromatic rings. The van der Waals surface area contributed by atoms with Gasteiger partial charge in [-0.3, -0.25) is 0 Å². The molecule has 0 aromatic heterocycles. The van der Waals surface area contributed by atoms with Crippen LogP contribution in [0.3, 0.4) is 0 Å². The zero-order valence-electron chi connectivity index (χ0n) is 16.1. The molecule has 2 aromatic carbocycles. The Morgan fingerprint density at radius 3 is 2.52 bits per heavy atom. The summed E-state index contributed by atoms with van der Waals surface area (Å²) >= 11 is 0. The highest BCUT2D eigenvalue weighted by atomic mass is 32.2. The van der Waals surface area contributed by atoms with Gasteiger partial charge in [0.2, 0.25) is 0 Å². The number of urea groups is 1. The maximum absolute atomic E-state index is 12.8. The molecule has 2 rings (SSSR count). The van der Waals surface area contributed by atoms with Crippen LogP contribution in [0.15, 0.2) is 48.5 Å². The zero-order chi connectivity index (χ0) is 20.0. The van der Waals surface area contributed by atoms with Crippen LogP contribution in [0.5, 0.6) is 5.75 Å². The van der Waals surface area contributed by atoms with Crippen molar-refractivity contribution in [3.8, 4) is 5.75 Å². The maximum Gasteiger partial charge on any atom is 0.322 e. The van der Waals surface area contributed by atoms with Gasteiger partial charge in [0.25, 0.3) is 0 Å². The predicted octanol–water partition coefficient (Wildman–Crippen LogP) is 4.17. The fraction of sp³-hybridized carbons (Fsp3) is 0.350. The van der Waals surface area contributed by atoms with Crippen LogP contribution in [-0.2, 0) is 16.7 Å². The second-order valence-corrected chi connectivity index (χ2v) is 8.19. The first-order chi connectivity index (χ1) is 12.7. The van der Waals surface area contributed by atoms with E-state index in [1.165, 1.54) is 0 Å². The lowest BCUT2D eigenvalue weighted by molar-refractivity contribution is 0.187. The van der Waals surface area contributed by atoms with Crippen LogP contribution in [0.4, 0.5) is 10.5 Å². The van der Waals surface area contributed by atoms with Gasteiger partial charge in [0, 0.05) is 18.3 Å². The lowest BCUT2D eigenvalue weighted by Crippen LogP contribution is -2.40. The Bertz CT molecular complexity index is 896. The molecule has 0 saturated carbocycles. The van der Waals surface area contributed by atoms with Gasteiger partial charge in [-0.05, 0) is 55.7 Å². The van der Waals surface area contributed by atoms with Gasteiger partial charge in [0.1, 0.15) is 5.75 Å². The average Bonchev–Trinajstić information content (AvgIpc) is 2.57. The second kappa shape index (κ2) is 8.90. The minimum atomic E-state index is -3.60. The van der Waals surface area contributed by atoms with Crippen molar-refractivity contribution in [2.24, 2.45) is 0 Å². The van der Waals surface area contributed by atoms with Gasteiger partial charge >= 0.3 is 16.1 Å². The predicted molar refractivity (Wildman–Crippen MR) is 107 cm³/mol. The highest BCUT2D eigenvalue weighted by Gasteiger charge is 2.20. The van der Waals surface area contributed by atoms with Gasteiger partial charge in [-0.15, -0.1) is 0 Å². The number of nitrogens with zero attached hydrogens (tertiary/aromatic N) is 1. The number of anilines is 1. The molecule has 0 aliphatic heterocycles. The molecule has 0 heterocycles. The summed E-state index contributed by atoms with van der Waals surface area (Å²) in [5.41, 5.74) is 2.59. The van der Waals surface area contributed by atoms with Crippen molar-refractivity contribution in [2.75, 3.05) is 11.6 Å². The molecule has 6 nitrogen and oxygen atoms in total. The molecule has 2 amide bonds. The van der Waals surface area contributed by atoms with Crippen molar-refractivity contribution in [2.45, 2.75) is 39.8 Å². The summed E-state index contributed by atoms with van der Waals surface area (Å²) in [7, 11) is -3.60. The van der Waals surface area contributed by atoms with E-state index in [2.05, 4.69) is 5.32 Å². The standard InChI is InChI=1S/C20H26N2O4S/c1-5-16(3)22(20(23)21-18-10-6-8-15(2)12-18)14-17-9-7-11-19(13-17)26-27(4,24)25/h6-13,16H,5,14H2,1-4H3,(H,21,23). The number of rotatable bonds is 7. The third-order valence-electron chi connectivity index (χ3n) is 4.15. The Labute approximate surface area is 161 Å². The highest BCUT2D eigenvalue weighted by molar-refractivity contribution is 7.86. The van der Waals surface area contributed by atoms with Crippen molar-refractivity contribution in [1.82, 2.24) is 4.90 Å². The number of nitrogens with one attached hydrogen (secondary N) is 1. The van der Waals surface area contributed by atoms with Crippen molar-refractivity contribution < 1.29 is 17.4 Å². The van der Waals surface area contributed by atoms with E-state index in [1.54, 1.807) is 23.1 Å². The van der Waals surface area contributed by atoms with E-state index in [1.807, 2.05) is 51.1 Å². The molecule has 0 fully saturated rings. The van der Waals surface area contributed by atoms with Crippen LogP contribution in [0, 0.1) is 6.92 Å². The summed E-state index contributed by atoms with van der Waals surface area (Å²) in [6.07, 6.45) is 1.79. The molecule has 0 aliphatic carbocycles. The minimum Gasteiger partial charge on any atom is -0.383 e. The number of amides is 2. The van der Waals surface area contributed by atoms with Crippen molar-refractivity contribution in [3.05, 3.63) is 59.7 Å². The number of carbonyl (C=O) groups excluding carboxylic acids is 1. The molecular weight excluding hydrogens is 364 g/mol. The van der Waals surface area contributed by atoms with Crippen molar-refractivity contribution in [1.29, 1.82) is 0 Å². The van der Waals surface area contributed by atoms with E-state index in [9.17, 15) is 13.2 Å². The molecule has 0 bridgehead atoms. The first-order valence-electron chi connectivity index (χ1n) is 8.80. The fourth-order valence-corrected chi connectivity index (χ4v) is 3.09. The van der Waals surface area contributed by atoms with Gasteiger partial charge in [0.05, 0.1) is 6.26 Å². The van der Waals surface area contributed by atoms with Gasteiger partial charge < -0.3 is 14.4 Å². The Balaban J connectivity index is 2.19. The molecule has 7 heteroatoms. The van der Waals surface area contributed by atoms with E-state index in [0.717, 1.165) is 29.5 Å². The summed E-state index contributed by atoms with van der Waals surface area (Å²) in [5, 5.41) is 2.93. The number of aryl methyl sites for hydroxylation is 1. The molecular formula is C20H26N2O4S. The second-order valence-electron chi connectivity index (χ2n) is 6.62. The maximum atomic E-state index is 12.8. The number of hydrogen-bond donors (Lipinski definition) is 1. The van der Waals surface area contributed by atoms with Gasteiger partial charge in [-0.25, -0.2) is 4.79 Å². The van der Waals surface area contributed by atoms with E-state index in [-0.39, 0.29) is 17.8 Å². The summed E-state index contributed by atoms with van der Waals surface area (Å²) in [6, 6.07) is 14.2. The van der Waals surface area contributed by atoms with E-state index in [0.29, 0.717) is 6.54 Å². The normalized spacial score (nSPS) is 12.3. The molecule has 1 unspecified atom stereocenters. The third kappa shape index (κ3) is 6.60. The van der Waals surface area contributed by atoms with Gasteiger partial charge in [0.15, 0.2) is 0 Å². The molecule has 0 spiro atoms. The monoisotopic (exact) mass is 390 g/mol. The van der Waals surface area contributed by atoms with E-state index in [4.69, 9.17) is 4.18 Å². The number of benzene rings is 2.